The van der Waals surface area contributed by atoms with Crippen LogP contribution in [0.3, 0.4) is 0 Å². The van der Waals surface area contributed by atoms with E-state index >= 15 is 0 Å². The first kappa shape index (κ1) is 14.9. The molecule has 1 aliphatic heterocycles. The van der Waals surface area contributed by atoms with Crippen molar-refractivity contribution >= 4 is 23.1 Å². The van der Waals surface area contributed by atoms with Crippen molar-refractivity contribution in [1.82, 2.24) is 0 Å². The maximum absolute atomic E-state index is 13.6. The molecule has 5 nitrogen and oxygen atoms in total. The van der Waals surface area contributed by atoms with Gasteiger partial charge in [-0.05, 0) is 17.7 Å². The highest BCUT2D eigenvalue weighted by molar-refractivity contribution is 6.15. The number of amides is 1. The first-order chi connectivity index (χ1) is 9.66. The van der Waals surface area contributed by atoms with Crippen molar-refractivity contribution in [3.63, 3.8) is 0 Å². The SMILES string of the molecule is NC(=O)C(F)(F)C(F)(F)C1=NCC(c2ccc(N)cc2)=N1. The summed E-state index contributed by atoms with van der Waals surface area (Å²) in [6.07, 6.45) is 0. The van der Waals surface area contributed by atoms with Gasteiger partial charge < -0.3 is 11.5 Å². The van der Waals surface area contributed by atoms with E-state index < -0.39 is 23.6 Å². The Morgan fingerprint density at radius 3 is 2.24 bits per heavy atom. The molecule has 9 heteroatoms. The molecule has 0 radical (unpaired) electrons. The van der Waals surface area contributed by atoms with Gasteiger partial charge in [-0.25, -0.2) is 4.99 Å². The average molecular weight is 302 g/mol. The second kappa shape index (κ2) is 4.83. The fourth-order valence-corrected chi connectivity index (χ4v) is 1.64. The smallest absolute Gasteiger partial charge is 0.393 e. The van der Waals surface area contributed by atoms with E-state index in [0.717, 1.165) is 0 Å². The number of amidine groups is 1. The number of alkyl halides is 4. The number of nitrogens with two attached hydrogens (primary N) is 2. The summed E-state index contributed by atoms with van der Waals surface area (Å²) in [6.45, 7) is -0.302. The molecule has 0 saturated carbocycles. The molecule has 112 valence electrons. The van der Waals surface area contributed by atoms with E-state index in [2.05, 4.69) is 15.7 Å². The predicted molar refractivity (Wildman–Crippen MR) is 68.8 cm³/mol. The largest absolute Gasteiger partial charge is 0.399 e. The molecule has 1 heterocycles. The third-order valence-electron chi connectivity index (χ3n) is 2.85. The van der Waals surface area contributed by atoms with Crippen LogP contribution >= 0.6 is 0 Å². The van der Waals surface area contributed by atoms with Gasteiger partial charge in [-0.1, -0.05) is 12.1 Å². The minimum atomic E-state index is -5.06. The van der Waals surface area contributed by atoms with Crippen LogP contribution in [0.2, 0.25) is 0 Å². The van der Waals surface area contributed by atoms with Gasteiger partial charge in [0.05, 0.1) is 12.3 Å². The van der Waals surface area contributed by atoms with Crippen LogP contribution in [-0.2, 0) is 4.79 Å². The lowest BCUT2D eigenvalue weighted by molar-refractivity contribution is -0.182. The maximum Gasteiger partial charge on any atom is 0.393 e. The van der Waals surface area contributed by atoms with Crippen molar-refractivity contribution in [2.45, 2.75) is 11.8 Å². The fraction of sp³-hybridized carbons (Fsp3) is 0.250. The van der Waals surface area contributed by atoms with Crippen LogP contribution in [0.25, 0.3) is 0 Å². The topological polar surface area (TPSA) is 93.8 Å². The third-order valence-corrected chi connectivity index (χ3v) is 2.85. The van der Waals surface area contributed by atoms with Crippen LogP contribution in [0.5, 0.6) is 0 Å². The highest BCUT2D eigenvalue weighted by atomic mass is 19.3. The molecule has 0 spiro atoms. The number of benzene rings is 1. The number of anilines is 1. The van der Waals surface area contributed by atoms with Crippen LogP contribution in [-0.4, -0.2) is 35.8 Å². The lowest BCUT2D eigenvalue weighted by Crippen LogP contribution is -2.54. The second-order valence-electron chi connectivity index (χ2n) is 4.33. The molecule has 1 amide bonds. The van der Waals surface area contributed by atoms with Crippen LogP contribution < -0.4 is 11.5 Å². The quantitative estimate of drug-likeness (QED) is 0.646. The lowest BCUT2D eigenvalue weighted by atomic mass is 10.1. The Morgan fingerprint density at radius 2 is 1.71 bits per heavy atom. The van der Waals surface area contributed by atoms with Crippen LogP contribution in [0.1, 0.15) is 5.56 Å². The van der Waals surface area contributed by atoms with E-state index in [-0.39, 0.29) is 12.3 Å². The van der Waals surface area contributed by atoms with Gasteiger partial charge in [0, 0.05) is 5.69 Å². The summed E-state index contributed by atoms with van der Waals surface area (Å²) in [6, 6.07) is 6.01. The zero-order valence-corrected chi connectivity index (χ0v) is 10.5. The van der Waals surface area contributed by atoms with Gasteiger partial charge in [0.2, 0.25) is 5.84 Å². The highest BCUT2D eigenvalue weighted by Gasteiger charge is 2.65. The minimum Gasteiger partial charge on any atom is -0.399 e. The number of primary amides is 1. The van der Waals surface area contributed by atoms with E-state index in [9.17, 15) is 22.4 Å². The number of rotatable bonds is 4. The molecule has 1 aromatic rings. The Morgan fingerprint density at radius 1 is 1.14 bits per heavy atom. The van der Waals surface area contributed by atoms with Crippen molar-refractivity contribution in [2.24, 2.45) is 15.7 Å². The number of hydrogen-bond acceptors (Lipinski definition) is 4. The fourth-order valence-electron chi connectivity index (χ4n) is 1.64. The zero-order valence-electron chi connectivity index (χ0n) is 10.5. The predicted octanol–water partition coefficient (Wildman–Crippen LogP) is 1.23. The van der Waals surface area contributed by atoms with Crippen LogP contribution in [0, 0.1) is 0 Å². The van der Waals surface area contributed by atoms with Gasteiger partial charge in [0.25, 0.3) is 5.91 Å². The Hall–Kier alpha value is -2.45. The third kappa shape index (κ3) is 2.46. The summed E-state index contributed by atoms with van der Waals surface area (Å²) in [5, 5.41) is 0. The minimum absolute atomic E-state index is 0.0740. The van der Waals surface area contributed by atoms with E-state index in [1.54, 1.807) is 0 Å². The first-order valence-corrected chi connectivity index (χ1v) is 5.70. The number of nitrogen functional groups attached to an aromatic ring is 1. The molecule has 0 saturated heterocycles. The molecule has 0 atom stereocenters. The number of carbonyl (C=O) groups excluding carboxylic acids is 1. The molecule has 0 aromatic heterocycles. The molecule has 1 aromatic carbocycles. The molecule has 0 bridgehead atoms. The molecule has 2 rings (SSSR count). The Kier molecular flexibility index (Phi) is 3.44. The van der Waals surface area contributed by atoms with Crippen LogP contribution in [0.15, 0.2) is 34.3 Å². The monoisotopic (exact) mass is 302 g/mol. The number of carbonyl (C=O) groups is 1. The standard InChI is InChI=1S/C12H10F4N4O/c13-11(14,9(18)21)12(15,16)10-19-5-8(20-10)6-1-3-7(17)4-2-6/h1-4H,5,17H2,(H2,18,21). The number of halogens is 4. The summed E-state index contributed by atoms with van der Waals surface area (Å²) in [4.78, 5) is 17.2. The average Bonchev–Trinajstić information content (AvgIpc) is 2.89. The Balaban J connectivity index is 2.31. The molecule has 1 aliphatic rings. The maximum atomic E-state index is 13.6. The highest BCUT2D eigenvalue weighted by Crippen LogP contribution is 2.37. The number of nitrogens with zero attached hydrogens (tertiary/aromatic N) is 2. The molecule has 21 heavy (non-hydrogen) atoms. The van der Waals surface area contributed by atoms with Gasteiger partial charge in [0.15, 0.2) is 0 Å². The summed E-state index contributed by atoms with van der Waals surface area (Å²) >= 11 is 0. The zero-order chi connectivity index (χ0) is 15.8. The van der Waals surface area contributed by atoms with E-state index in [0.29, 0.717) is 11.3 Å². The molecule has 4 N–H and O–H groups in total. The summed E-state index contributed by atoms with van der Waals surface area (Å²) in [7, 11) is 0. The van der Waals surface area contributed by atoms with Gasteiger partial charge in [0.1, 0.15) is 0 Å². The summed E-state index contributed by atoms with van der Waals surface area (Å²) in [5.74, 6) is -13.8. The molecule has 0 aliphatic carbocycles. The number of aliphatic imine (C=N–C) groups is 2. The first-order valence-electron chi connectivity index (χ1n) is 5.70. The van der Waals surface area contributed by atoms with E-state index in [1.807, 2.05) is 0 Å². The molecule has 0 unspecified atom stereocenters. The summed E-state index contributed by atoms with van der Waals surface area (Å²) < 4.78 is 53.5. The van der Waals surface area contributed by atoms with Crippen molar-refractivity contribution in [2.75, 3.05) is 12.3 Å². The molecule has 0 fully saturated rings. The van der Waals surface area contributed by atoms with Crippen molar-refractivity contribution in [1.29, 1.82) is 0 Å². The van der Waals surface area contributed by atoms with Crippen molar-refractivity contribution in [3.05, 3.63) is 29.8 Å². The van der Waals surface area contributed by atoms with Gasteiger partial charge in [-0.3, -0.25) is 9.79 Å². The van der Waals surface area contributed by atoms with Crippen LogP contribution in [0.4, 0.5) is 23.2 Å². The van der Waals surface area contributed by atoms with E-state index in [1.165, 1.54) is 24.3 Å². The molecular formula is C12H10F4N4O. The normalized spacial score (nSPS) is 15.6. The number of hydrogen-bond donors (Lipinski definition) is 2. The van der Waals surface area contributed by atoms with Gasteiger partial charge >= 0.3 is 11.8 Å². The Bertz CT molecular complexity index is 637. The van der Waals surface area contributed by atoms with Crippen molar-refractivity contribution < 1.29 is 22.4 Å². The Labute approximate surface area is 116 Å². The lowest BCUT2D eigenvalue weighted by Gasteiger charge is -2.21. The van der Waals surface area contributed by atoms with Gasteiger partial charge in [-0.15, -0.1) is 0 Å². The summed E-state index contributed by atoms with van der Waals surface area (Å²) in [5.41, 5.74) is 10.7. The van der Waals surface area contributed by atoms with E-state index in [4.69, 9.17) is 5.73 Å². The van der Waals surface area contributed by atoms with Crippen molar-refractivity contribution in [3.8, 4) is 0 Å². The molecular weight excluding hydrogens is 292 g/mol. The van der Waals surface area contributed by atoms with Gasteiger partial charge in [-0.2, -0.15) is 17.6 Å². The second-order valence-corrected chi connectivity index (χ2v) is 4.33.